The predicted octanol–water partition coefficient (Wildman–Crippen LogP) is 5.11. The van der Waals surface area contributed by atoms with Crippen molar-refractivity contribution in [3.05, 3.63) is 79.1 Å². The highest BCUT2D eigenvalue weighted by Gasteiger charge is 2.31. The van der Waals surface area contributed by atoms with Gasteiger partial charge in [-0.3, -0.25) is 4.79 Å². The molecule has 0 spiro atoms. The molecular weight excluding hydrogens is 494 g/mol. The van der Waals surface area contributed by atoms with E-state index in [-0.39, 0.29) is 17.6 Å². The summed E-state index contributed by atoms with van der Waals surface area (Å²) in [5.41, 5.74) is 1.66. The number of hydrogen-bond acceptors (Lipinski definition) is 7. The maximum absolute atomic E-state index is 14.5. The van der Waals surface area contributed by atoms with Crippen LogP contribution in [0.5, 0.6) is 17.2 Å². The van der Waals surface area contributed by atoms with Crippen LogP contribution in [0.15, 0.2) is 67.5 Å². The molecule has 0 atom stereocenters. The number of aromatic nitrogens is 2. The molecule has 1 saturated heterocycles. The van der Waals surface area contributed by atoms with E-state index in [0.717, 1.165) is 6.07 Å². The first kappa shape index (κ1) is 24.9. The minimum Gasteiger partial charge on any atom is -0.495 e. The van der Waals surface area contributed by atoms with Crippen molar-refractivity contribution in [2.45, 2.75) is 6.10 Å². The van der Waals surface area contributed by atoms with Gasteiger partial charge in [-0.2, -0.15) is 0 Å². The largest absolute Gasteiger partial charge is 0.495 e. The molecule has 0 saturated carbocycles. The Morgan fingerprint density at radius 3 is 2.58 bits per heavy atom. The lowest BCUT2D eigenvalue weighted by atomic mass is 10.0. The second-order valence-corrected chi connectivity index (χ2v) is 8.57. The number of rotatable bonds is 8. The summed E-state index contributed by atoms with van der Waals surface area (Å²) < 4.78 is 45.5. The molecule has 1 fully saturated rings. The van der Waals surface area contributed by atoms with E-state index in [9.17, 15) is 13.6 Å². The van der Waals surface area contributed by atoms with Gasteiger partial charge in [-0.15, -0.1) is 0 Å². The van der Waals surface area contributed by atoms with E-state index in [1.807, 2.05) is 0 Å². The van der Waals surface area contributed by atoms with Crippen LogP contribution in [0.2, 0.25) is 0 Å². The minimum atomic E-state index is -0.936. The molecule has 4 aromatic rings. The van der Waals surface area contributed by atoms with E-state index in [4.69, 9.17) is 14.2 Å². The van der Waals surface area contributed by atoms with Crippen LogP contribution < -0.4 is 19.5 Å². The Balaban J connectivity index is 1.49. The fourth-order valence-electron chi connectivity index (χ4n) is 4.24. The number of fused-ring (bicyclic) bond motifs is 1. The molecule has 0 bridgehead atoms. The maximum atomic E-state index is 14.5. The molecule has 1 aliphatic rings. The van der Waals surface area contributed by atoms with Crippen LogP contribution in [0.25, 0.3) is 22.0 Å². The molecule has 1 aliphatic heterocycles. The second kappa shape index (κ2) is 10.3. The number of amides is 1. The number of carbonyl (C=O) groups is 1. The molecule has 0 radical (unpaired) electrons. The Labute approximate surface area is 217 Å². The lowest BCUT2D eigenvalue weighted by Gasteiger charge is -2.38. The molecular formula is C28H24F2N4O4. The Hall–Kier alpha value is -4.73. The molecule has 1 N–H and O–H groups in total. The van der Waals surface area contributed by atoms with Crippen molar-refractivity contribution in [2.24, 2.45) is 0 Å². The number of benzene rings is 3. The fraction of sp³-hybridized carbons (Fsp3) is 0.179. The summed E-state index contributed by atoms with van der Waals surface area (Å²) in [5.74, 6) is -0.148. The molecule has 2 heterocycles. The van der Waals surface area contributed by atoms with Crippen molar-refractivity contribution in [3.63, 3.8) is 0 Å². The van der Waals surface area contributed by atoms with Crippen molar-refractivity contribution in [1.82, 2.24) is 14.9 Å². The molecule has 1 amide bonds. The lowest BCUT2D eigenvalue weighted by Crippen LogP contribution is -2.55. The number of methoxy groups -OCH3 is 2. The van der Waals surface area contributed by atoms with E-state index in [1.165, 1.54) is 38.8 Å². The number of carbonyl (C=O) groups excluding carboxylic acids is 1. The van der Waals surface area contributed by atoms with Crippen LogP contribution in [0.1, 0.15) is 0 Å². The van der Waals surface area contributed by atoms with Crippen LogP contribution in [-0.4, -0.2) is 54.2 Å². The van der Waals surface area contributed by atoms with Crippen molar-refractivity contribution in [2.75, 3.05) is 32.6 Å². The number of nitrogens with zero attached hydrogens (tertiary/aromatic N) is 3. The number of anilines is 2. The topological polar surface area (TPSA) is 85.8 Å². The van der Waals surface area contributed by atoms with Crippen molar-refractivity contribution >= 4 is 28.3 Å². The van der Waals surface area contributed by atoms with E-state index in [0.29, 0.717) is 58.3 Å². The molecule has 0 unspecified atom stereocenters. The van der Waals surface area contributed by atoms with Crippen LogP contribution in [0.4, 0.5) is 20.3 Å². The van der Waals surface area contributed by atoms with Gasteiger partial charge in [-0.25, -0.2) is 18.7 Å². The van der Waals surface area contributed by atoms with Crippen LogP contribution >= 0.6 is 0 Å². The van der Waals surface area contributed by atoms with Crippen LogP contribution in [0.3, 0.4) is 0 Å². The SMILES string of the molecule is C=CC(=O)N1CC(Oc2cc3c(Nc4cc(-c5cccc(F)c5F)ccc4OC)ncnc3cc2OC)C1. The molecule has 8 nitrogen and oxygen atoms in total. The second-order valence-electron chi connectivity index (χ2n) is 8.57. The Kier molecular flexibility index (Phi) is 6.78. The number of ether oxygens (including phenoxy) is 3. The van der Waals surface area contributed by atoms with E-state index < -0.39 is 11.6 Å². The van der Waals surface area contributed by atoms with Crippen molar-refractivity contribution < 1.29 is 27.8 Å². The van der Waals surface area contributed by atoms with Gasteiger partial charge in [-0.1, -0.05) is 24.8 Å². The van der Waals surface area contributed by atoms with Gasteiger partial charge in [0, 0.05) is 17.0 Å². The zero-order valence-corrected chi connectivity index (χ0v) is 20.7. The summed E-state index contributed by atoms with van der Waals surface area (Å²) in [5, 5.41) is 3.86. The molecule has 1 aromatic heterocycles. The average Bonchev–Trinajstić information content (AvgIpc) is 2.91. The van der Waals surface area contributed by atoms with Crippen LogP contribution in [-0.2, 0) is 4.79 Å². The highest BCUT2D eigenvalue weighted by Crippen LogP contribution is 2.38. The van der Waals surface area contributed by atoms with Gasteiger partial charge in [0.2, 0.25) is 5.91 Å². The molecule has 5 rings (SSSR count). The lowest BCUT2D eigenvalue weighted by molar-refractivity contribution is -0.134. The zero-order chi connectivity index (χ0) is 26.8. The summed E-state index contributed by atoms with van der Waals surface area (Å²) in [4.78, 5) is 22.1. The summed E-state index contributed by atoms with van der Waals surface area (Å²) in [6.07, 6.45) is 2.47. The molecule has 10 heteroatoms. The van der Waals surface area contributed by atoms with Crippen molar-refractivity contribution in [1.29, 1.82) is 0 Å². The third kappa shape index (κ3) is 4.68. The smallest absolute Gasteiger partial charge is 0.246 e. The Bertz CT molecular complexity index is 1540. The third-order valence-corrected chi connectivity index (χ3v) is 6.26. The van der Waals surface area contributed by atoms with Gasteiger partial charge in [0.05, 0.1) is 38.5 Å². The maximum Gasteiger partial charge on any atom is 0.246 e. The highest BCUT2D eigenvalue weighted by molar-refractivity contribution is 5.94. The first-order chi connectivity index (χ1) is 18.4. The zero-order valence-electron chi connectivity index (χ0n) is 20.7. The van der Waals surface area contributed by atoms with Crippen LogP contribution in [0, 0.1) is 11.6 Å². The molecule has 3 aromatic carbocycles. The number of hydrogen-bond donors (Lipinski definition) is 1. The van der Waals surface area contributed by atoms with Gasteiger partial charge in [0.1, 0.15) is 24.0 Å². The minimum absolute atomic E-state index is 0.119. The normalized spacial score (nSPS) is 13.1. The van der Waals surface area contributed by atoms with Gasteiger partial charge >= 0.3 is 0 Å². The Morgan fingerprint density at radius 2 is 1.84 bits per heavy atom. The van der Waals surface area contributed by atoms with Gasteiger partial charge in [0.25, 0.3) is 0 Å². The van der Waals surface area contributed by atoms with E-state index in [2.05, 4.69) is 21.9 Å². The third-order valence-electron chi connectivity index (χ3n) is 6.26. The van der Waals surface area contributed by atoms with Gasteiger partial charge in [-0.05, 0) is 35.9 Å². The molecule has 194 valence electrons. The summed E-state index contributed by atoms with van der Waals surface area (Å²) >= 11 is 0. The highest BCUT2D eigenvalue weighted by atomic mass is 19.2. The first-order valence-electron chi connectivity index (χ1n) is 11.7. The Morgan fingerprint density at radius 1 is 1.05 bits per heavy atom. The number of likely N-dealkylation sites (tertiary alicyclic amines) is 1. The molecule has 38 heavy (non-hydrogen) atoms. The summed E-state index contributed by atoms with van der Waals surface area (Å²) in [7, 11) is 3.04. The average molecular weight is 519 g/mol. The summed E-state index contributed by atoms with van der Waals surface area (Å²) in [6.45, 7) is 4.37. The monoisotopic (exact) mass is 518 g/mol. The molecule has 0 aliphatic carbocycles. The van der Waals surface area contributed by atoms with Gasteiger partial charge in [0.15, 0.2) is 23.1 Å². The van der Waals surface area contributed by atoms with Crippen molar-refractivity contribution in [3.8, 4) is 28.4 Å². The van der Waals surface area contributed by atoms with E-state index >= 15 is 0 Å². The predicted molar refractivity (Wildman–Crippen MR) is 139 cm³/mol. The standard InChI is InChI=1S/C28H24F2N4O4/c1-4-26(35)34-13-17(14-34)38-25-11-19-21(12-24(25)37-3)31-15-32-28(19)33-22-10-16(8-9-23(22)36-2)18-6-5-7-20(29)27(18)30/h4-12,15,17H,1,13-14H2,2-3H3,(H,31,32,33). The van der Waals surface area contributed by atoms with Gasteiger partial charge < -0.3 is 24.4 Å². The number of nitrogens with one attached hydrogen (secondary N) is 1. The number of halogens is 2. The summed E-state index contributed by atoms with van der Waals surface area (Å²) in [6, 6.07) is 12.5. The fourth-order valence-corrected chi connectivity index (χ4v) is 4.24. The quantitative estimate of drug-likeness (QED) is 0.325. The first-order valence-corrected chi connectivity index (χ1v) is 11.7. The van der Waals surface area contributed by atoms with E-state index in [1.54, 1.807) is 35.2 Å².